The Kier molecular flexibility index (Phi) is 6.46. The molecule has 208 valence electrons. The van der Waals surface area contributed by atoms with E-state index >= 15 is 0 Å². The summed E-state index contributed by atoms with van der Waals surface area (Å²) in [6, 6.07) is 8.56. The van der Waals surface area contributed by atoms with E-state index in [2.05, 4.69) is 15.3 Å². The summed E-state index contributed by atoms with van der Waals surface area (Å²) >= 11 is 5.92. The number of aromatic nitrogens is 3. The van der Waals surface area contributed by atoms with E-state index in [1.807, 2.05) is 0 Å². The van der Waals surface area contributed by atoms with Crippen molar-refractivity contribution in [2.24, 2.45) is 5.73 Å². The van der Waals surface area contributed by atoms with Gasteiger partial charge in [0.15, 0.2) is 0 Å². The van der Waals surface area contributed by atoms with Crippen LogP contribution in [-0.4, -0.2) is 50.6 Å². The molecular formula is C26H20ClF4N5O4. The largest absolute Gasteiger partial charge is 0.489 e. The van der Waals surface area contributed by atoms with Crippen molar-refractivity contribution in [1.82, 2.24) is 19.7 Å². The van der Waals surface area contributed by atoms with E-state index in [9.17, 15) is 32.3 Å². The number of rotatable bonds is 6. The maximum Gasteiger partial charge on any atom is 0.424 e. The molecule has 3 aromatic heterocycles. The number of hydrogen-bond donors (Lipinski definition) is 3. The van der Waals surface area contributed by atoms with Crippen molar-refractivity contribution in [1.29, 1.82) is 0 Å². The Bertz CT molecular complexity index is 1660. The van der Waals surface area contributed by atoms with Gasteiger partial charge in [-0.25, -0.2) is 14.4 Å². The zero-order chi connectivity index (χ0) is 29.0. The van der Waals surface area contributed by atoms with Gasteiger partial charge in [0, 0.05) is 23.5 Å². The van der Waals surface area contributed by atoms with E-state index in [1.165, 1.54) is 48.0 Å². The van der Waals surface area contributed by atoms with Crippen LogP contribution in [0.5, 0.6) is 5.75 Å². The molecule has 4 heterocycles. The number of nitrogens with two attached hydrogens (primary N) is 1. The minimum atomic E-state index is -5.35. The molecule has 1 aliphatic rings. The molecule has 2 amide bonds. The lowest BCUT2D eigenvalue weighted by Crippen LogP contribution is -2.52. The average Bonchev–Trinajstić information content (AvgIpc) is 3.48. The Morgan fingerprint density at radius 3 is 2.52 bits per heavy atom. The number of primary amides is 1. The molecule has 2 atom stereocenters. The molecule has 14 heteroatoms. The second-order valence-electron chi connectivity index (χ2n) is 9.50. The Balaban J connectivity index is 1.58. The highest BCUT2D eigenvalue weighted by Gasteiger charge is 2.57. The van der Waals surface area contributed by atoms with Crippen LogP contribution in [0.1, 0.15) is 28.7 Å². The molecule has 4 aromatic rings. The SMILES string of the molecule is C[C@]1(C(N)=O)COc2c1cc([C@@](O)(CNC(=O)c1cn3cc(Cl)ccc3n1)C(F)(F)F)nc2-c1ccc(F)cc1. The summed E-state index contributed by atoms with van der Waals surface area (Å²) in [5.41, 5.74) is -0.638. The fourth-order valence-corrected chi connectivity index (χ4v) is 4.48. The molecule has 9 nitrogen and oxygen atoms in total. The molecule has 0 bridgehead atoms. The number of ether oxygens (including phenoxy) is 1. The monoisotopic (exact) mass is 577 g/mol. The Morgan fingerprint density at radius 1 is 1.18 bits per heavy atom. The van der Waals surface area contributed by atoms with Gasteiger partial charge in [-0.2, -0.15) is 13.2 Å². The topological polar surface area (TPSA) is 132 Å². The number of carbonyl (C=O) groups is 2. The van der Waals surface area contributed by atoms with E-state index in [0.717, 1.165) is 18.2 Å². The maximum atomic E-state index is 14.5. The summed E-state index contributed by atoms with van der Waals surface area (Å²) in [4.78, 5) is 33.2. The van der Waals surface area contributed by atoms with Crippen LogP contribution >= 0.6 is 11.6 Å². The van der Waals surface area contributed by atoms with Gasteiger partial charge in [-0.05, 0) is 49.4 Å². The van der Waals surface area contributed by atoms with Crippen LogP contribution in [0.3, 0.4) is 0 Å². The average molecular weight is 578 g/mol. The molecule has 0 fully saturated rings. The van der Waals surface area contributed by atoms with Gasteiger partial charge in [-0.3, -0.25) is 9.59 Å². The first-order valence-electron chi connectivity index (χ1n) is 11.7. The first-order valence-corrected chi connectivity index (χ1v) is 12.1. The number of nitrogens with zero attached hydrogens (tertiary/aromatic N) is 3. The summed E-state index contributed by atoms with van der Waals surface area (Å²) in [5, 5.41) is 13.5. The minimum absolute atomic E-state index is 0.0337. The number of hydrogen-bond acceptors (Lipinski definition) is 6. The van der Waals surface area contributed by atoms with Crippen molar-refractivity contribution >= 4 is 29.1 Å². The number of aliphatic hydroxyl groups is 1. The lowest BCUT2D eigenvalue weighted by molar-refractivity contribution is -0.265. The highest BCUT2D eigenvalue weighted by Crippen LogP contribution is 2.47. The molecule has 0 saturated heterocycles. The highest BCUT2D eigenvalue weighted by atomic mass is 35.5. The molecular weight excluding hydrogens is 558 g/mol. The van der Waals surface area contributed by atoms with Crippen molar-refractivity contribution in [3.05, 3.63) is 82.6 Å². The molecule has 1 aromatic carbocycles. The van der Waals surface area contributed by atoms with Crippen LogP contribution in [0.2, 0.25) is 5.02 Å². The van der Waals surface area contributed by atoms with Crippen molar-refractivity contribution in [3.63, 3.8) is 0 Å². The van der Waals surface area contributed by atoms with Crippen LogP contribution < -0.4 is 15.8 Å². The van der Waals surface area contributed by atoms with E-state index in [0.29, 0.717) is 10.7 Å². The van der Waals surface area contributed by atoms with Crippen LogP contribution in [0.4, 0.5) is 17.6 Å². The van der Waals surface area contributed by atoms with Gasteiger partial charge in [0.05, 0.1) is 17.3 Å². The van der Waals surface area contributed by atoms with E-state index in [1.54, 1.807) is 0 Å². The molecule has 0 unspecified atom stereocenters. The van der Waals surface area contributed by atoms with Gasteiger partial charge in [-0.15, -0.1) is 0 Å². The van der Waals surface area contributed by atoms with Crippen LogP contribution in [0.15, 0.2) is 54.9 Å². The van der Waals surface area contributed by atoms with E-state index in [4.69, 9.17) is 22.1 Å². The quantitative estimate of drug-likeness (QED) is 0.301. The predicted molar refractivity (Wildman–Crippen MR) is 134 cm³/mol. The molecule has 0 saturated carbocycles. The second-order valence-corrected chi connectivity index (χ2v) is 9.94. The summed E-state index contributed by atoms with van der Waals surface area (Å²) < 4.78 is 64.1. The summed E-state index contributed by atoms with van der Waals surface area (Å²) in [7, 11) is 0. The Labute approximate surface area is 228 Å². The molecule has 4 N–H and O–H groups in total. The first kappa shape index (κ1) is 27.3. The number of amides is 2. The van der Waals surface area contributed by atoms with Gasteiger partial charge >= 0.3 is 6.18 Å². The van der Waals surface area contributed by atoms with Gasteiger partial charge in [0.1, 0.15) is 40.6 Å². The van der Waals surface area contributed by atoms with E-state index in [-0.39, 0.29) is 34.9 Å². The molecule has 40 heavy (non-hydrogen) atoms. The van der Waals surface area contributed by atoms with E-state index < -0.39 is 47.1 Å². The number of carbonyl (C=O) groups excluding carboxylic acids is 2. The molecule has 1 aliphatic heterocycles. The molecule has 0 aliphatic carbocycles. The number of nitrogens with one attached hydrogen (secondary N) is 1. The minimum Gasteiger partial charge on any atom is -0.489 e. The highest BCUT2D eigenvalue weighted by molar-refractivity contribution is 6.30. The lowest BCUT2D eigenvalue weighted by Gasteiger charge is -2.31. The van der Waals surface area contributed by atoms with Crippen molar-refractivity contribution in [2.45, 2.75) is 24.1 Å². The fraction of sp³-hybridized carbons (Fsp3) is 0.231. The van der Waals surface area contributed by atoms with Gasteiger partial charge in [0.25, 0.3) is 5.91 Å². The Morgan fingerprint density at radius 2 is 1.88 bits per heavy atom. The van der Waals surface area contributed by atoms with Crippen molar-refractivity contribution in [2.75, 3.05) is 13.2 Å². The van der Waals surface area contributed by atoms with Crippen LogP contribution in [0, 0.1) is 5.82 Å². The summed E-state index contributed by atoms with van der Waals surface area (Å²) in [5.74, 6) is -2.53. The first-order chi connectivity index (χ1) is 18.7. The number of benzene rings is 1. The number of pyridine rings is 2. The van der Waals surface area contributed by atoms with Gasteiger partial charge < -0.3 is 25.3 Å². The smallest absolute Gasteiger partial charge is 0.424 e. The third kappa shape index (κ3) is 4.50. The maximum absolute atomic E-state index is 14.5. The molecule has 0 radical (unpaired) electrons. The standard InChI is InChI=1S/C26H20ClF4N5O4/c1-24(23(32)38)12-40-21-16(24)8-18(35-20(21)13-2-5-15(28)6-3-13)25(39,26(29,30)31)11-33-22(37)17-10-36-9-14(27)4-7-19(36)34-17/h2-10,39H,11-12H2,1H3,(H2,32,38)(H,33,37)/t24-,25-/m0/s1. The molecule has 5 rings (SSSR count). The second kappa shape index (κ2) is 9.45. The lowest BCUT2D eigenvalue weighted by atomic mass is 9.81. The van der Waals surface area contributed by atoms with Crippen molar-refractivity contribution in [3.8, 4) is 17.0 Å². The fourth-order valence-electron chi connectivity index (χ4n) is 4.31. The van der Waals surface area contributed by atoms with Crippen LogP contribution in [0.25, 0.3) is 16.9 Å². The summed E-state index contributed by atoms with van der Waals surface area (Å²) in [6.45, 7) is -0.272. The third-order valence-corrected chi connectivity index (χ3v) is 7.00. The normalized spacial score (nSPS) is 18.2. The summed E-state index contributed by atoms with van der Waals surface area (Å²) in [6.07, 6.45) is -2.63. The molecule has 0 spiro atoms. The van der Waals surface area contributed by atoms with Gasteiger partial charge in [-0.1, -0.05) is 11.6 Å². The van der Waals surface area contributed by atoms with Crippen LogP contribution in [-0.2, 0) is 15.8 Å². The number of imidazole rings is 1. The number of halogens is 5. The predicted octanol–water partition coefficient (Wildman–Crippen LogP) is 3.50. The zero-order valence-corrected chi connectivity index (χ0v) is 21.3. The van der Waals surface area contributed by atoms with Crippen molar-refractivity contribution < 1.29 is 37.0 Å². The third-order valence-electron chi connectivity index (χ3n) is 6.78. The van der Waals surface area contributed by atoms with Gasteiger partial charge in [0.2, 0.25) is 11.5 Å². The zero-order valence-electron chi connectivity index (χ0n) is 20.6. The Hall–Kier alpha value is -4.23. The number of alkyl halides is 3. The number of fused-ring (bicyclic) bond motifs is 2.